The Balaban J connectivity index is 2.04. The standard InChI is InChI=1S/C15H13NO4/c1-20-14(17)15(12-4-2-3-5-13(12)15)10-6-8-11(9-7-10)16(18)19/h2-4,6-9,13H,5H2,1H3. The predicted octanol–water partition coefficient (Wildman–Crippen LogP) is 2.52. The first-order chi connectivity index (χ1) is 9.62. The van der Waals surface area contributed by atoms with Crippen LogP contribution < -0.4 is 0 Å². The molecule has 0 amide bonds. The number of methoxy groups -OCH3 is 1. The van der Waals surface area contributed by atoms with E-state index in [1.54, 1.807) is 12.1 Å². The van der Waals surface area contributed by atoms with Crippen LogP contribution in [0.2, 0.25) is 0 Å². The molecule has 1 aromatic carbocycles. The number of allylic oxidation sites excluding steroid dienone is 3. The number of hydrogen-bond donors (Lipinski definition) is 0. The largest absolute Gasteiger partial charge is 0.468 e. The van der Waals surface area contributed by atoms with E-state index < -0.39 is 10.3 Å². The summed E-state index contributed by atoms with van der Waals surface area (Å²) >= 11 is 0. The van der Waals surface area contributed by atoms with Crippen LogP contribution in [-0.4, -0.2) is 18.0 Å². The summed E-state index contributed by atoms with van der Waals surface area (Å²) in [5, 5.41) is 10.7. The van der Waals surface area contributed by atoms with Gasteiger partial charge in [0.05, 0.1) is 12.0 Å². The SMILES string of the molecule is COC(=O)C1(c2ccc([N+](=O)[O-])cc2)C2=CC=CCC21. The second kappa shape index (κ2) is 4.30. The molecule has 0 aliphatic heterocycles. The van der Waals surface area contributed by atoms with E-state index in [9.17, 15) is 14.9 Å². The lowest BCUT2D eigenvalue weighted by Crippen LogP contribution is -2.24. The van der Waals surface area contributed by atoms with Crippen LogP contribution in [0.5, 0.6) is 0 Å². The molecular formula is C15H13NO4. The van der Waals surface area contributed by atoms with Crippen LogP contribution in [-0.2, 0) is 14.9 Å². The molecule has 1 aromatic rings. The van der Waals surface area contributed by atoms with Crippen molar-refractivity contribution in [2.24, 2.45) is 5.92 Å². The van der Waals surface area contributed by atoms with Crippen molar-refractivity contribution in [3.8, 4) is 0 Å². The Labute approximate surface area is 115 Å². The Morgan fingerprint density at radius 3 is 2.60 bits per heavy atom. The summed E-state index contributed by atoms with van der Waals surface area (Å²) in [4.78, 5) is 22.5. The second-order valence-electron chi connectivity index (χ2n) is 4.94. The number of nitro groups is 1. The lowest BCUT2D eigenvalue weighted by Gasteiger charge is -2.14. The van der Waals surface area contributed by atoms with Crippen molar-refractivity contribution in [2.45, 2.75) is 11.8 Å². The van der Waals surface area contributed by atoms with Crippen molar-refractivity contribution in [1.82, 2.24) is 0 Å². The van der Waals surface area contributed by atoms with Gasteiger partial charge in [-0.25, -0.2) is 0 Å². The first-order valence-corrected chi connectivity index (χ1v) is 6.33. The van der Waals surface area contributed by atoms with Crippen molar-refractivity contribution in [3.63, 3.8) is 0 Å². The number of benzene rings is 1. The number of nitro benzene ring substituents is 1. The minimum absolute atomic E-state index is 0.0180. The van der Waals surface area contributed by atoms with E-state index in [0.717, 1.165) is 17.6 Å². The van der Waals surface area contributed by atoms with Gasteiger partial charge in [-0.3, -0.25) is 14.9 Å². The predicted molar refractivity (Wildman–Crippen MR) is 72.1 cm³/mol. The quantitative estimate of drug-likeness (QED) is 0.481. The van der Waals surface area contributed by atoms with Crippen molar-refractivity contribution in [1.29, 1.82) is 0 Å². The minimum Gasteiger partial charge on any atom is -0.468 e. The summed E-state index contributed by atoms with van der Waals surface area (Å²) in [6.07, 6.45) is 6.68. The number of carbonyl (C=O) groups excluding carboxylic acids is 1. The van der Waals surface area contributed by atoms with Crippen LogP contribution in [0.15, 0.2) is 48.1 Å². The van der Waals surface area contributed by atoms with E-state index in [2.05, 4.69) is 0 Å². The summed E-state index contributed by atoms with van der Waals surface area (Å²) in [5.41, 5.74) is 1.05. The molecule has 1 saturated carbocycles. The number of ether oxygens (including phenoxy) is 1. The summed E-state index contributed by atoms with van der Waals surface area (Å²) in [5.74, 6) is -0.187. The molecule has 0 aromatic heterocycles. The summed E-state index contributed by atoms with van der Waals surface area (Å²) in [7, 11) is 1.37. The number of hydrogen-bond acceptors (Lipinski definition) is 4. The van der Waals surface area contributed by atoms with E-state index in [-0.39, 0.29) is 17.6 Å². The van der Waals surface area contributed by atoms with E-state index >= 15 is 0 Å². The lowest BCUT2D eigenvalue weighted by molar-refractivity contribution is -0.384. The molecule has 5 heteroatoms. The highest BCUT2D eigenvalue weighted by Crippen LogP contribution is 2.63. The molecule has 1 fully saturated rings. The zero-order valence-corrected chi connectivity index (χ0v) is 10.9. The van der Waals surface area contributed by atoms with E-state index in [4.69, 9.17) is 4.74 Å². The van der Waals surface area contributed by atoms with Gasteiger partial charge in [-0.2, -0.15) is 0 Å². The lowest BCUT2D eigenvalue weighted by atomic mass is 9.92. The molecule has 0 spiro atoms. The molecule has 3 rings (SSSR count). The van der Waals surface area contributed by atoms with Gasteiger partial charge in [0.2, 0.25) is 0 Å². The summed E-state index contributed by atoms with van der Waals surface area (Å²) in [6, 6.07) is 6.15. The van der Waals surface area contributed by atoms with Crippen molar-refractivity contribution in [2.75, 3.05) is 7.11 Å². The smallest absolute Gasteiger partial charge is 0.321 e. The van der Waals surface area contributed by atoms with Gasteiger partial charge in [-0.1, -0.05) is 30.4 Å². The third-order valence-corrected chi connectivity index (χ3v) is 4.09. The average molecular weight is 271 g/mol. The van der Waals surface area contributed by atoms with Gasteiger partial charge < -0.3 is 4.74 Å². The van der Waals surface area contributed by atoms with Gasteiger partial charge in [0, 0.05) is 18.1 Å². The number of non-ortho nitro benzene ring substituents is 1. The molecule has 5 nitrogen and oxygen atoms in total. The maximum atomic E-state index is 12.3. The molecule has 2 unspecified atom stereocenters. The second-order valence-corrected chi connectivity index (χ2v) is 4.94. The maximum absolute atomic E-state index is 12.3. The van der Waals surface area contributed by atoms with Crippen LogP contribution in [0, 0.1) is 16.0 Å². The Morgan fingerprint density at radius 2 is 2.10 bits per heavy atom. The van der Waals surface area contributed by atoms with Crippen LogP contribution in [0.4, 0.5) is 5.69 Å². The molecule has 0 N–H and O–H groups in total. The van der Waals surface area contributed by atoms with Gasteiger partial charge >= 0.3 is 5.97 Å². The molecule has 0 saturated heterocycles. The van der Waals surface area contributed by atoms with Crippen molar-refractivity contribution in [3.05, 3.63) is 63.7 Å². The zero-order valence-electron chi connectivity index (χ0n) is 10.9. The van der Waals surface area contributed by atoms with E-state index in [0.29, 0.717) is 0 Å². The molecular weight excluding hydrogens is 258 g/mol. The van der Waals surface area contributed by atoms with Crippen molar-refractivity contribution < 1.29 is 14.5 Å². The fraction of sp³-hybridized carbons (Fsp3) is 0.267. The first-order valence-electron chi connectivity index (χ1n) is 6.33. The fourth-order valence-corrected chi connectivity index (χ4v) is 3.11. The van der Waals surface area contributed by atoms with E-state index in [1.807, 2.05) is 18.2 Å². The van der Waals surface area contributed by atoms with Gasteiger partial charge in [0.1, 0.15) is 5.41 Å². The Morgan fingerprint density at radius 1 is 1.40 bits per heavy atom. The highest BCUT2D eigenvalue weighted by molar-refractivity contribution is 5.95. The molecule has 0 bridgehead atoms. The monoisotopic (exact) mass is 271 g/mol. The average Bonchev–Trinajstić information content (AvgIpc) is 3.16. The Kier molecular flexibility index (Phi) is 2.71. The third-order valence-electron chi connectivity index (χ3n) is 4.09. The number of esters is 1. The maximum Gasteiger partial charge on any atom is 0.321 e. The normalized spacial score (nSPS) is 26.4. The first kappa shape index (κ1) is 12.6. The van der Waals surface area contributed by atoms with Gasteiger partial charge in [0.25, 0.3) is 5.69 Å². The molecule has 2 aliphatic carbocycles. The number of fused-ring (bicyclic) bond motifs is 1. The topological polar surface area (TPSA) is 69.4 Å². The zero-order chi connectivity index (χ0) is 14.3. The van der Waals surface area contributed by atoms with Crippen molar-refractivity contribution >= 4 is 11.7 Å². The van der Waals surface area contributed by atoms with Crippen LogP contribution in [0.25, 0.3) is 0 Å². The van der Waals surface area contributed by atoms with Crippen LogP contribution >= 0.6 is 0 Å². The molecule has 0 heterocycles. The van der Waals surface area contributed by atoms with Crippen LogP contribution in [0.3, 0.4) is 0 Å². The number of carbonyl (C=O) groups is 1. The van der Waals surface area contributed by atoms with Gasteiger partial charge in [0.15, 0.2) is 0 Å². The molecule has 2 atom stereocenters. The highest BCUT2D eigenvalue weighted by atomic mass is 16.6. The van der Waals surface area contributed by atoms with Crippen LogP contribution in [0.1, 0.15) is 12.0 Å². The number of rotatable bonds is 3. The summed E-state index contributed by atoms with van der Waals surface area (Å²) in [6.45, 7) is 0. The third kappa shape index (κ3) is 1.52. The fourth-order valence-electron chi connectivity index (χ4n) is 3.11. The minimum atomic E-state index is -0.757. The molecule has 0 radical (unpaired) electrons. The van der Waals surface area contributed by atoms with Gasteiger partial charge in [-0.15, -0.1) is 0 Å². The Hall–Kier alpha value is -2.43. The Bertz CT molecular complexity index is 644. The molecule has 20 heavy (non-hydrogen) atoms. The highest BCUT2D eigenvalue weighted by Gasteiger charge is 2.66. The van der Waals surface area contributed by atoms with Gasteiger partial charge in [-0.05, 0) is 17.6 Å². The summed E-state index contributed by atoms with van der Waals surface area (Å²) < 4.78 is 4.96. The van der Waals surface area contributed by atoms with E-state index in [1.165, 1.54) is 19.2 Å². The molecule has 102 valence electrons. The number of nitrogens with zero attached hydrogens (tertiary/aromatic N) is 1. The molecule has 2 aliphatic rings.